The third kappa shape index (κ3) is 3.79. The van der Waals surface area contributed by atoms with Crippen LogP contribution in [-0.2, 0) is 0 Å². The molecule has 2 nitrogen and oxygen atoms in total. The van der Waals surface area contributed by atoms with Crippen molar-refractivity contribution in [1.82, 2.24) is 4.90 Å². The fraction of sp³-hybridized carbons (Fsp3) is 0.600. The highest BCUT2D eigenvalue weighted by molar-refractivity contribution is 5.22. The number of rotatable bonds is 6. The molecule has 1 rings (SSSR count). The number of hydrogen-bond acceptors (Lipinski definition) is 2. The Morgan fingerprint density at radius 2 is 1.83 bits per heavy atom. The van der Waals surface area contributed by atoms with E-state index in [1.807, 2.05) is 19.1 Å². The van der Waals surface area contributed by atoms with E-state index < -0.39 is 0 Å². The zero-order valence-electron chi connectivity index (χ0n) is 11.9. The highest BCUT2D eigenvalue weighted by Crippen LogP contribution is 2.26. The Balaban J connectivity index is 3.05. The van der Waals surface area contributed by atoms with Gasteiger partial charge in [-0.2, -0.15) is 0 Å². The average molecular weight is 252 g/mol. The summed E-state index contributed by atoms with van der Waals surface area (Å²) >= 11 is 0. The third-order valence-corrected chi connectivity index (χ3v) is 3.12. The number of nitrogens with two attached hydrogens (primary N) is 1. The monoisotopic (exact) mass is 252 g/mol. The van der Waals surface area contributed by atoms with E-state index in [2.05, 4.69) is 25.7 Å². The molecule has 0 radical (unpaired) electrons. The van der Waals surface area contributed by atoms with Crippen molar-refractivity contribution in [3.63, 3.8) is 0 Å². The predicted molar refractivity (Wildman–Crippen MR) is 74.9 cm³/mol. The normalized spacial score (nSPS) is 15.1. The van der Waals surface area contributed by atoms with Gasteiger partial charge in [0.25, 0.3) is 0 Å². The molecule has 0 fully saturated rings. The fourth-order valence-electron chi connectivity index (χ4n) is 2.44. The Bertz CT molecular complexity index is 363. The molecule has 0 heterocycles. The van der Waals surface area contributed by atoms with Crippen LogP contribution in [0, 0.1) is 11.7 Å². The maximum atomic E-state index is 14.0. The first-order valence-electron chi connectivity index (χ1n) is 6.71. The van der Waals surface area contributed by atoms with Gasteiger partial charge in [-0.3, -0.25) is 4.90 Å². The minimum absolute atomic E-state index is 0.0569. The second kappa shape index (κ2) is 6.86. The molecule has 0 spiro atoms. The molecule has 1 aromatic carbocycles. The summed E-state index contributed by atoms with van der Waals surface area (Å²) in [4.78, 5) is 2.26. The first kappa shape index (κ1) is 15.1. The summed E-state index contributed by atoms with van der Waals surface area (Å²) in [7, 11) is 0. The summed E-state index contributed by atoms with van der Waals surface area (Å²) in [5.41, 5.74) is 6.79. The number of benzene rings is 1. The Labute approximate surface area is 110 Å². The van der Waals surface area contributed by atoms with Gasteiger partial charge >= 0.3 is 0 Å². The maximum Gasteiger partial charge on any atom is 0.128 e. The van der Waals surface area contributed by atoms with Crippen molar-refractivity contribution in [1.29, 1.82) is 0 Å². The third-order valence-electron chi connectivity index (χ3n) is 3.12. The predicted octanol–water partition coefficient (Wildman–Crippen LogP) is 3.19. The van der Waals surface area contributed by atoms with Crippen LogP contribution < -0.4 is 5.73 Å². The van der Waals surface area contributed by atoms with Gasteiger partial charge in [0.1, 0.15) is 5.82 Å². The number of likely N-dealkylation sites (N-methyl/N-ethyl adjacent to an activating group) is 1. The van der Waals surface area contributed by atoms with Gasteiger partial charge in [-0.15, -0.1) is 0 Å². The first-order chi connectivity index (χ1) is 8.47. The van der Waals surface area contributed by atoms with E-state index in [0.717, 1.165) is 13.1 Å². The van der Waals surface area contributed by atoms with Crippen molar-refractivity contribution in [3.8, 4) is 0 Å². The second-order valence-electron chi connectivity index (χ2n) is 5.31. The first-order valence-corrected chi connectivity index (χ1v) is 6.71. The van der Waals surface area contributed by atoms with Gasteiger partial charge in [-0.1, -0.05) is 39.0 Å². The quantitative estimate of drug-likeness (QED) is 0.842. The van der Waals surface area contributed by atoms with Crippen molar-refractivity contribution in [3.05, 3.63) is 35.6 Å². The lowest BCUT2D eigenvalue weighted by Crippen LogP contribution is -2.41. The lowest BCUT2D eigenvalue weighted by Gasteiger charge is -2.35. The van der Waals surface area contributed by atoms with Crippen LogP contribution in [0.1, 0.15) is 39.3 Å². The average Bonchev–Trinajstić information content (AvgIpc) is 2.29. The Morgan fingerprint density at radius 1 is 1.22 bits per heavy atom. The van der Waals surface area contributed by atoms with E-state index in [-0.39, 0.29) is 17.9 Å². The Kier molecular flexibility index (Phi) is 5.76. The zero-order valence-corrected chi connectivity index (χ0v) is 11.9. The highest BCUT2D eigenvalue weighted by atomic mass is 19.1. The van der Waals surface area contributed by atoms with Crippen molar-refractivity contribution in [2.45, 2.75) is 39.8 Å². The summed E-state index contributed by atoms with van der Waals surface area (Å²) in [6.45, 7) is 10.2. The van der Waals surface area contributed by atoms with Gasteiger partial charge in [0.2, 0.25) is 0 Å². The van der Waals surface area contributed by atoms with Gasteiger partial charge < -0.3 is 5.73 Å². The van der Waals surface area contributed by atoms with Crippen LogP contribution in [0.15, 0.2) is 24.3 Å². The van der Waals surface area contributed by atoms with E-state index in [4.69, 9.17) is 5.73 Å². The molecular weight excluding hydrogens is 227 g/mol. The van der Waals surface area contributed by atoms with Crippen molar-refractivity contribution < 1.29 is 4.39 Å². The largest absolute Gasteiger partial charge is 0.326 e. The summed E-state index contributed by atoms with van der Waals surface area (Å²) in [6.07, 6.45) is 0. The molecule has 18 heavy (non-hydrogen) atoms. The molecule has 0 saturated carbocycles. The van der Waals surface area contributed by atoms with Crippen LogP contribution in [0.25, 0.3) is 0 Å². The fourth-order valence-corrected chi connectivity index (χ4v) is 2.44. The van der Waals surface area contributed by atoms with Crippen molar-refractivity contribution in [2.75, 3.05) is 13.1 Å². The van der Waals surface area contributed by atoms with Crippen LogP contribution in [0.5, 0.6) is 0 Å². The van der Waals surface area contributed by atoms with Gasteiger partial charge in [0.05, 0.1) is 6.04 Å². The van der Waals surface area contributed by atoms with Crippen LogP contribution in [0.4, 0.5) is 4.39 Å². The smallest absolute Gasteiger partial charge is 0.128 e. The summed E-state index contributed by atoms with van der Waals surface area (Å²) in [6, 6.07) is 6.78. The van der Waals surface area contributed by atoms with E-state index in [0.29, 0.717) is 11.5 Å². The maximum absolute atomic E-state index is 14.0. The molecule has 0 aliphatic heterocycles. The highest BCUT2D eigenvalue weighted by Gasteiger charge is 2.25. The zero-order chi connectivity index (χ0) is 13.7. The standard InChI is InChI=1S/C15H25FN2/c1-5-18(10-11(2)3)15(12(4)17)13-8-6-7-9-14(13)16/h6-9,11-12,15H,5,10,17H2,1-4H3. The molecule has 102 valence electrons. The van der Waals surface area contributed by atoms with Gasteiger partial charge in [0.15, 0.2) is 0 Å². The molecule has 2 N–H and O–H groups in total. The number of nitrogens with zero attached hydrogens (tertiary/aromatic N) is 1. The molecule has 0 bridgehead atoms. The van der Waals surface area contributed by atoms with Crippen LogP contribution in [0.3, 0.4) is 0 Å². The second-order valence-corrected chi connectivity index (χ2v) is 5.31. The SMILES string of the molecule is CCN(CC(C)C)C(c1ccccc1F)C(C)N. The number of halogens is 1. The molecule has 0 aromatic heterocycles. The molecular formula is C15H25FN2. The molecule has 3 heteroatoms. The van der Waals surface area contributed by atoms with Gasteiger partial charge in [-0.05, 0) is 25.5 Å². The Hall–Kier alpha value is -0.930. The van der Waals surface area contributed by atoms with Gasteiger partial charge in [-0.25, -0.2) is 4.39 Å². The molecule has 2 atom stereocenters. The molecule has 0 amide bonds. The lowest BCUT2D eigenvalue weighted by molar-refractivity contribution is 0.162. The molecule has 1 aromatic rings. The van der Waals surface area contributed by atoms with Crippen LogP contribution in [0.2, 0.25) is 0 Å². The molecule has 0 aliphatic rings. The molecule has 0 aliphatic carbocycles. The van der Waals surface area contributed by atoms with Crippen LogP contribution >= 0.6 is 0 Å². The van der Waals surface area contributed by atoms with Crippen molar-refractivity contribution in [2.24, 2.45) is 11.7 Å². The minimum Gasteiger partial charge on any atom is -0.326 e. The number of hydrogen-bond donors (Lipinski definition) is 1. The lowest BCUT2D eigenvalue weighted by atomic mass is 9.97. The summed E-state index contributed by atoms with van der Waals surface area (Å²) in [5.74, 6) is 0.375. The van der Waals surface area contributed by atoms with E-state index in [1.165, 1.54) is 6.07 Å². The van der Waals surface area contributed by atoms with E-state index in [9.17, 15) is 4.39 Å². The minimum atomic E-state index is -0.165. The van der Waals surface area contributed by atoms with Gasteiger partial charge in [0, 0.05) is 18.2 Å². The Morgan fingerprint density at radius 3 is 2.28 bits per heavy atom. The topological polar surface area (TPSA) is 29.3 Å². The van der Waals surface area contributed by atoms with Crippen LogP contribution in [-0.4, -0.2) is 24.0 Å². The van der Waals surface area contributed by atoms with E-state index >= 15 is 0 Å². The summed E-state index contributed by atoms with van der Waals surface area (Å²) in [5, 5.41) is 0. The van der Waals surface area contributed by atoms with Crippen molar-refractivity contribution >= 4 is 0 Å². The molecule has 2 unspecified atom stereocenters. The summed E-state index contributed by atoms with van der Waals surface area (Å²) < 4.78 is 14.0. The van der Waals surface area contributed by atoms with E-state index in [1.54, 1.807) is 6.07 Å². The molecule has 0 saturated heterocycles.